The molecule has 0 aromatic carbocycles. The summed E-state index contributed by atoms with van der Waals surface area (Å²) in [7, 11) is 0. The number of halogens is 1. The highest BCUT2D eigenvalue weighted by Gasteiger charge is 2.05. The number of nitrogens with zero attached hydrogens (tertiary/aromatic N) is 1. The number of rotatable bonds is 2. The molecule has 0 saturated heterocycles. The van der Waals surface area contributed by atoms with Crippen molar-refractivity contribution in [2.45, 2.75) is 26.7 Å². The number of aromatic amines is 1. The maximum Gasteiger partial charge on any atom is 0.126 e. The predicted octanol–water partition coefficient (Wildman–Crippen LogP) is 2.14. The lowest BCUT2D eigenvalue weighted by molar-refractivity contribution is 0.954. The summed E-state index contributed by atoms with van der Waals surface area (Å²) in [6, 6.07) is 0. The quantitative estimate of drug-likeness (QED) is 0.800. The molecular weight excluding hydrogens is 239 g/mol. The molecule has 0 bridgehead atoms. The molecule has 0 amide bonds. The van der Waals surface area contributed by atoms with Gasteiger partial charge in [0.05, 0.1) is 0 Å². The van der Waals surface area contributed by atoms with Gasteiger partial charge in [0.2, 0.25) is 0 Å². The number of H-pyrrole nitrogens is 1. The zero-order chi connectivity index (χ0) is 7.56. The molecule has 0 aliphatic carbocycles. The third kappa shape index (κ3) is 1.33. The van der Waals surface area contributed by atoms with Gasteiger partial charge in [-0.2, -0.15) is 5.10 Å². The van der Waals surface area contributed by atoms with Gasteiger partial charge in [-0.25, -0.2) is 0 Å². The van der Waals surface area contributed by atoms with Crippen LogP contribution in [0.15, 0.2) is 0 Å². The summed E-state index contributed by atoms with van der Waals surface area (Å²) in [5.74, 6) is 0. The van der Waals surface area contributed by atoms with Crippen molar-refractivity contribution in [3.8, 4) is 0 Å². The molecule has 1 rings (SSSR count). The molecule has 1 N–H and O–H groups in total. The molecule has 0 saturated carbocycles. The Labute approximate surface area is 74.6 Å². The van der Waals surface area contributed by atoms with Gasteiger partial charge in [0.25, 0.3) is 0 Å². The van der Waals surface area contributed by atoms with Crippen molar-refractivity contribution in [1.82, 2.24) is 10.2 Å². The molecule has 1 heterocycles. The maximum absolute atomic E-state index is 4.12. The van der Waals surface area contributed by atoms with Crippen LogP contribution in [0.25, 0.3) is 0 Å². The van der Waals surface area contributed by atoms with Crippen LogP contribution in [0.5, 0.6) is 0 Å². The van der Waals surface area contributed by atoms with Gasteiger partial charge in [0, 0.05) is 11.3 Å². The number of aryl methyl sites for hydroxylation is 1. The fourth-order valence-corrected chi connectivity index (χ4v) is 1.86. The van der Waals surface area contributed by atoms with E-state index in [0.717, 1.165) is 16.5 Å². The smallest absolute Gasteiger partial charge is 0.126 e. The monoisotopic (exact) mass is 250 g/mol. The number of hydrogen-bond donors (Lipinski definition) is 1. The van der Waals surface area contributed by atoms with Gasteiger partial charge in [0.1, 0.15) is 3.70 Å². The summed E-state index contributed by atoms with van der Waals surface area (Å²) in [6.07, 6.45) is 2.14. The van der Waals surface area contributed by atoms with E-state index in [1.165, 1.54) is 11.3 Å². The minimum Gasteiger partial charge on any atom is -0.281 e. The van der Waals surface area contributed by atoms with Crippen molar-refractivity contribution in [2.24, 2.45) is 0 Å². The second kappa shape index (κ2) is 3.37. The van der Waals surface area contributed by atoms with Crippen LogP contribution in [0.4, 0.5) is 0 Å². The van der Waals surface area contributed by atoms with Gasteiger partial charge in [-0.05, 0) is 35.4 Å². The number of hydrogen-bond acceptors (Lipinski definition) is 1. The van der Waals surface area contributed by atoms with E-state index in [1.54, 1.807) is 0 Å². The van der Waals surface area contributed by atoms with Crippen molar-refractivity contribution in [3.63, 3.8) is 0 Å². The lowest BCUT2D eigenvalue weighted by Crippen LogP contribution is -1.87. The molecule has 10 heavy (non-hydrogen) atoms. The Bertz CT molecular complexity index is 217. The lowest BCUT2D eigenvalue weighted by Gasteiger charge is -1.94. The van der Waals surface area contributed by atoms with E-state index in [-0.39, 0.29) is 0 Å². The SMILES string of the molecule is CCc1[nH]nc(I)c1CC. The number of aromatic nitrogens is 2. The largest absolute Gasteiger partial charge is 0.281 e. The Morgan fingerprint density at radius 1 is 1.40 bits per heavy atom. The summed E-state index contributed by atoms with van der Waals surface area (Å²) in [6.45, 7) is 4.30. The first-order valence-corrected chi connectivity index (χ1v) is 4.59. The Morgan fingerprint density at radius 2 is 2.10 bits per heavy atom. The third-order valence-electron chi connectivity index (χ3n) is 1.61. The molecule has 0 spiro atoms. The van der Waals surface area contributed by atoms with Crippen molar-refractivity contribution in [3.05, 3.63) is 15.0 Å². The van der Waals surface area contributed by atoms with Crippen LogP contribution < -0.4 is 0 Å². The number of nitrogens with one attached hydrogen (secondary N) is 1. The van der Waals surface area contributed by atoms with E-state index in [9.17, 15) is 0 Å². The summed E-state index contributed by atoms with van der Waals surface area (Å²) in [5.41, 5.74) is 2.66. The molecule has 0 unspecified atom stereocenters. The first-order chi connectivity index (χ1) is 4.79. The highest BCUT2D eigenvalue weighted by atomic mass is 127. The maximum atomic E-state index is 4.12. The van der Waals surface area contributed by atoms with Crippen LogP contribution in [0.2, 0.25) is 0 Å². The average molecular weight is 250 g/mol. The van der Waals surface area contributed by atoms with Crippen molar-refractivity contribution < 1.29 is 0 Å². The second-order valence-corrected chi connectivity index (χ2v) is 3.20. The third-order valence-corrected chi connectivity index (χ3v) is 2.50. The van der Waals surface area contributed by atoms with Crippen molar-refractivity contribution in [2.75, 3.05) is 0 Å². The standard InChI is InChI=1S/C7H11IN2/c1-3-5-6(4-2)9-10-7(5)8/h3-4H2,1-2H3,(H,9,10). The van der Waals surface area contributed by atoms with E-state index < -0.39 is 0 Å². The minimum atomic E-state index is 1.05. The van der Waals surface area contributed by atoms with E-state index in [0.29, 0.717) is 0 Å². The molecule has 0 fully saturated rings. The van der Waals surface area contributed by atoms with Gasteiger partial charge in [-0.3, -0.25) is 5.10 Å². The van der Waals surface area contributed by atoms with E-state index >= 15 is 0 Å². The zero-order valence-corrected chi connectivity index (χ0v) is 8.40. The van der Waals surface area contributed by atoms with Gasteiger partial charge < -0.3 is 0 Å². The Hall–Kier alpha value is -0.0600. The molecule has 1 aromatic heterocycles. The average Bonchev–Trinajstić information content (AvgIpc) is 2.30. The predicted molar refractivity (Wildman–Crippen MR) is 50.1 cm³/mol. The molecule has 0 aliphatic rings. The zero-order valence-electron chi connectivity index (χ0n) is 6.24. The molecular formula is C7H11IN2. The molecule has 56 valence electrons. The highest BCUT2D eigenvalue weighted by Crippen LogP contribution is 2.14. The molecule has 3 heteroatoms. The second-order valence-electron chi connectivity index (χ2n) is 2.18. The van der Waals surface area contributed by atoms with Gasteiger partial charge >= 0.3 is 0 Å². The van der Waals surface area contributed by atoms with Crippen LogP contribution in [0.1, 0.15) is 25.1 Å². The fourth-order valence-electron chi connectivity index (χ4n) is 1.03. The Kier molecular flexibility index (Phi) is 2.71. The summed E-state index contributed by atoms with van der Waals surface area (Å²) in [4.78, 5) is 0. The van der Waals surface area contributed by atoms with Gasteiger partial charge in [-0.15, -0.1) is 0 Å². The fraction of sp³-hybridized carbons (Fsp3) is 0.571. The van der Waals surface area contributed by atoms with Crippen molar-refractivity contribution >= 4 is 22.6 Å². The minimum absolute atomic E-state index is 1.05. The first-order valence-electron chi connectivity index (χ1n) is 3.51. The van der Waals surface area contributed by atoms with Crippen LogP contribution in [0, 0.1) is 3.70 Å². The topological polar surface area (TPSA) is 28.7 Å². The van der Waals surface area contributed by atoms with E-state index in [1.807, 2.05) is 0 Å². The normalized spacial score (nSPS) is 10.3. The lowest BCUT2D eigenvalue weighted by atomic mass is 10.2. The molecule has 0 atom stereocenters. The molecule has 0 aliphatic heterocycles. The summed E-state index contributed by atoms with van der Waals surface area (Å²) >= 11 is 2.26. The molecule has 2 nitrogen and oxygen atoms in total. The summed E-state index contributed by atoms with van der Waals surface area (Å²) < 4.78 is 1.12. The van der Waals surface area contributed by atoms with E-state index in [4.69, 9.17) is 0 Å². The van der Waals surface area contributed by atoms with Crippen molar-refractivity contribution in [1.29, 1.82) is 0 Å². The highest BCUT2D eigenvalue weighted by molar-refractivity contribution is 14.1. The van der Waals surface area contributed by atoms with Crippen LogP contribution in [-0.4, -0.2) is 10.2 Å². The van der Waals surface area contributed by atoms with Gasteiger partial charge in [-0.1, -0.05) is 13.8 Å². The van der Waals surface area contributed by atoms with Crippen LogP contribution in [0.3, 0.4) is 0 Å². The van der Waals surface area contributed by atoms with Crippen LogP contribution in [-0.2, 0) is 12.8 Å². The van der Waals surface area contributed by atoms with Crippen LogP contribution >= 0.6 is 22.6 Å². The Morgan fingerprint density at radius 3 is 2.50 bits per heavy atom. The molecule has 1 aromatic rings. The Balaban J connectivity index is 3.01. The van der Waals surface area contributed by atoms with Gasteiger partial charge in [0.15, 0.2) is 0 Å². The summed E-state index contributed by atoms with van der Waals surface area (Å²) in [5, 5.41) is 7.14. The van der Waals surface area contributed by atoms with E-state index in [2.05, 4.69) is 46.6 Å². The first kappa shape index (κ1) is 8.04. The molecule has 0 radical (unpaired) electrons.